The van der Waals surface area contributed by atoms with Crippen molar-refractivity contribution in [2.75, 3.05) is 0 Å². The summed E-state index contributed by atoms with van der Waals surface area (Å²) in [6, 6.07) is 0. The summed E-state index contributed by atoms with van der Waals surface area (Å²) in [5, 5.41) is 0. The topological polar surface area (TPSA) is 55.8 Å². The molecule has 1 fully saturated rings. The molecule has 0 aromatic heterocycles. The maximum Gasteiger partial charge on any atom is 0.695 e. The lowest BCUT2D eigenvalue weighted by atomic mass is 10.0. The summed E-state index contributed by atoms with van der Waals surface area (Å²) in [6.45, 7) is 3.83. The van der Waals surface area contributed by atoms with Gasteiger partial charge in [-0.15, -0.1) is 9.42 Å². The molecule has 0 amide bonds. The molecule has 1 aliphatic rings. The van der Waals surface area contributed by atoms with Crippen LogP contribution in [0.25, 0.3) is 0 Å². The van der Waals surface area contributed by atoms with Gasteiger partial charge in [-0.05, 0) is 13.8 Å². The fraction of sp³-hybridized carbons (Fsp3) is 1.00. The van der Waals surface area contributed by atoms with Gasteiger partial charge < -0.3 is 4.74 Å². The van der Waals surface area contributed by atoms with Crippen LogP contribution in [0.5, 0.6) is 0 Å². The lowest BCUT2D eigenvalue weighted by molar-refractivity contribution is 0.0348. The minimum Gasteiger partial charge on any atom is -0.372 e. The Morgan fingerprint density at radius 3 is 2.75 bits per heavy atom. The zero-order chi connectivity index (χ0) is 10.0. The second-order valence-corrected chi connectivity index (χ2v) is 3.73. The van der Waals surface area contributed by atoms with Gasteiger partial charge >= 0.3 is 8.25 Å². The van der Waals surface area contributed by atoms with E-state index in [9.17, 15) is 4.57 Å². The second kappa shape index (κ2) is 3.79. The Bertz CT molecular complexity index is 201. The molecule has 1 aliphatic heterocycles. The first-order chi connectivity index (χ1) is 6.06. The van der Waals surface area contributed by atoms with Gasteiger partial charge in [0.05, 0.1) is 12.2 Å². The van der Waals surface area contributed by atoms with Crippen LogP contribution in [0, 0.1) is 5.92 Å². The maximum atomic E-state index is 10.5. The van der Waals surface area contributed by atoms with Gasteiger partial charge in [-0.1, -0.05) is 6.92 Å². The third-order valence-corrected chi connectivity index (χ3v) is 2.65. The molecule has 0 bridgehead atoms. The van der Waals surface area contributed by atoms with Crippen molar-refractivity contribution in [3.05, 3.63) is 0 Å². The minimum absolute atomic E-state index is 0.0182. The molecule has 5 heteroatoms. The second-order valence-electron chi connectivity index (χ2n) is 3.05. The van der Waals surface area contributed by atoms with Crippen molar-refractivity contribution in [3.63, 3.8) is 0 Å². The van der Waals surface area contributed by atoms with Crippen molar-refractivity contribution in [2.24, 2.45) is 5.92 Å². The smallest absolute Gasteiger partial charge is 0.372 e. The predicted molar refractivity (Wildman–Crippen MR) is 43.9 cm³/mol. The maximum absolute atomic E-state index is 10.5. The van der Waals surface area contributed by atoms with E-state index >= 15 is 0 Å². The molecule has 1 heterocycles. The van der Waals surface area contributed by atoms with Crippen LogP contribution in [0.3, 0.4) is 0 Å². The lowest BCUT2D eigenvalue weighted by Crippen LogP contribution is -2.24. The van der Waals surface area contributed by atoms with E-state index in [1.54, 1.807) is 0 Å². The van der Waals surface area contributed by atoms with Gasteiger partial charge in [0.15, 0.2) is 0 Å². The summed E-state index contributed by atoms with van der Waals surface area (Å²) in [6.07, 6.45) is -0.826. The van der Waals surface area contributed by atoms with E-state index in [4.69, 9.17) is 15.5 Å². The Balaban J connectivity index is 2.62. The number of ether oxygens (including phenoxy) is 1. The molecule has 0 aromatic carbocycles. The zero-order valence-electron chi connectivity index (χ0n) is 8.14. The van der Waals surface area contributed by atoms with Crippen LogP contribution in [-0.4, -0.2) is 23.2 Å². The largest absolute Gasteiger partial charge is 0.695 e. The highest BCUT2D eigenvalue weighted by Crippen LogP contribution is 2.34. The summed E-state index contributed by atoms with van der Waals surface area (Å²) in [5.41, 5.74) is 0. The predicted octanol–water partition coefficient (Wildman–Crippen LogP) is 1.46. The highest BCUT2D eigenvalue weighted by atomic mass is 31.1. The highest BCUT2D eigenvalue weighted by Gasteiger charge is 2.43. The van der Waals surface area contributed by atoms with Crippen molar-refractivity contribution >= 4 is 8.25 Å². The molecule has 0 radical (unpaired) electrons. The zero-order valence-corrected chi connectivity index (χ0v) is 8.03. The van der Waals surface area contributed by atoms with Gasteiger partial charge in [-0.2, -0.15) is 0 Å². The molecular formula is C7H14O4P+. The summed E-state index contributed by atoms with van der Waals surface area (Å²) in [4.78, 5) is 8.60. The van der Waals surface area contributed by atoms with Gasteiger partial charge in [0.2, 0.25) is 0 Å². The van der Waals surface area contributed by atoms with Gasteiger partial charge in [0.25, 0.3) is 0 Å². The van der Waals surface area contributed by atoms with Crippen LogP contribution in [0.1, 0.15) is 22.1 Å². The summed E-state index contributed by atoms with van der Waals surface area (Å²) in [7, 11) is -2.60. The van der Waals surface area contributed by atoms with Gasteiger partial charge in [0, 0.05) is 11.9 Å². The van der Waals surface area contributed by atoms with E-state index < -0.39 is 14.4 Å². The van der Waals surface area contributed by atoms with Crippen LogP contribution < -0.4 is 0 Å². The van der Waals surface area contributed by atoms with Crippen molar-refractivity contribution in [2.45, 2.75) is 39.1 Å². The summed E-state index contributed by atoms with van der Waals surface area (Å²) >= 11 is 0. The minimum atomic E-state index is -2.60. The van der Waals surface area contributed by atoms with Gasteiger partial charge in [-0.3, -0.25) is 0 Å². The summed E-state index contributed by atoms with van der Waals surface area (Å²) < 4.78 is 27.9. The molecule has 1 N–H and O–H groups in total. The van der Waals surface area contributed by atoms with Gasteiger partial charge in [-0.25, -0.2) is 0 Å². The first kappa shape index (κ1) is 8.57. The molecule has 5 unspecified atom stereocenters. The molecule has 0 spiro atoms. The SMILES string of the molecule is [2H]CC1OC(C)C(C)C1O[P+](=O)O. The van der Waals surface area contributed by atoms with E-state index in [2.05, 4.69) is 0 Å². The average molecular weight is 194 g/mol. The van der Waals surface area contributed by atoms with E-state index in [1.807, 2.05) is 13.8 Å². The van der Waals surface area contributed by atoms with Gasteiger partial charge in [0.1, 0.15) is 6.10 Å². The fourth-order valence-corrected chi connectivity index (χ4v) is 1.89. The van der Waals surface area contributed by atoms with Crippen LogP contribution in [0.4, 0.5) is 0 Å². The molecule has 70 valence electrons. The molecule has 0 aliphatic carbocycles. The number of hydrogen-bond donors (Lipinski definition) is 1. The first-order valence-electron chi connectivity index (χ1n) is 4.54. The van der Waals surface area contributed by atoms with Crippen LogP contribution in [0.15, 0.2) is 0 Å². The van der Waals surface area contributed by atoms with E-state index in [0.717, 1.165) is 0 Å². The molecule has 1 saturated heterocycles. The van der Waals surface area contributed by atoms with Crippen molar-refractivity contribution in [1.82, 2.24) is 0 Å². The third-order valence-electron chi connectivity index (χ3n) is 2.23. The van der Waals surface area contributed by atoms with Crippen LogP contribution >= 0.6 is 8.25 Å². The monoisotopic (exact) mass is 194 g/mol. The van der Waals surface area contributed by atoms with Crippen molar-refractivity contribution in [1.29, 1.82) is 0 Å². The van der Waals surface area contributed by atoms with Crippen molar-refractivity contribution < 1.29 is 20.1 Å². The number of hydrogen-bond acceptors (Lipinski definition) is 3. The van der Waals surface area contributed by atoms with E-state index in [-0.39, 0.29) is 25.0 Å². The molecular weight excluding hydrogens is 179 g/mol. The first-order valence-corrected chi connectivity index (χ1v) is 4.97. The Morgan fingerprint density at radius 1 is 1.58 bits per heavy atom. The fourth-order valence-electron chi connectivity index (χ4n) is 1.35. The van der Waals surface area contributed by atoms with E-state index in [0.29, 0.717) is 0 Å². The Labute approximate surface area is 74.2 Å². The normalized spacial score (nSPS) is 44.2. The Hall–Kier alpha value is -0.0200. The number of rotatable bonds is 2. The summed E-state index contributed by atoms with van der Waals surface area (Å²) in [5.74, 6) is 0.0569. The quantitative estimate of drug-likeness (QED) is 0.676. The van der Waals surface area contributed by atoms with Crippen LogP contribution in [0.2, 0.25) is 0 Å². The van der Waals surface area contributed by atoms with Crippen LogP contribution in [-0.2, 0) is 13.8 Å². The molecule has 0 saturated carbocycles. The average Bonchev–Trinajstić information content (AvgIpc) is 2.31. The molecule has 0 aromatic rings. The molecule has 4 nitrogen and oxygen atoms in total. The lowest BCUT2D eigenvalue weighted by Gasteiger charge is -2.09. The standard InChI is InChI=1S/C7H13O4P/c1-4-5(2)10-6(3)7(4)11-12(8)9/h4-7H,1-3H3/p+1/i3D. The Morgan fingerprint density at radius 2 is 2.25 bits per heavy atom. The Kier molecular flexibility index (Phi) is 2.71. The third kappa shape index (κ3) is 2.02. The molecule has 1 rings (SSSR count). The molecule has 5 atom stereocenters. The van der Waals surface area contributed by atoms with Crippen molar-refractivity contribution in [3.8, 4) is 0 Å². The molecule has 12 heavy (non-hydrogen) atoms. The highest BCUT2D eigenvalue weighted by molar-refractivity contribution is 7.32. The van der Waals surface area contributed by atoms with E-state index in [1.165, 1.54) is 0 Å².